The first-order valence-corrected chi connectivity index (χ1v) is 7.23. The molecule has 0 amide bonds. The Hall–Kier alpha value is -0.120. The van der Waals surface area contributed by atoms with E-state index in [-0.39, 0.29) is 16.3 Å². The Morgan fingerprint density at radius 1 is 1.35 bits per heavy atom. The van der Waals surface area contributed by atoms with Crippen molar-refractivity contribution >= 4 is 27.5 Å². The first-order chi connectivity index (χ1) is 8.15. The van der Waals surface area contributed by atoms with E-state index in [2.05, 4.69) is 15.9 Å². The number of ether oxygens (including phenoxy) is 1. The van der Waals surface area contributed by atoms with E-state index < -0.39 is 0 Å². The SMILES string of the molecule is Fc1cc(CC2(CBr)CCOCC2)ccc1Cl. The van der Waals surface area contributed by atoms with Gasteiger partial charge in [-0.05, 0) is 42.4 Å². The van der Waals surface area contributed by atoms with E-state index in [9.17, 15) is 4.39 Å². The molecule has 1 saturated heterocycles. The van der Waals surface area contributed by atoms with E-state index in [0.717, 1.165) is 43.4 Å². The summed E-state index contributed by atoms with van der Waals surface area (Å²) in [5, 5.41) is 1.11. The van der Waals surface area contributed by atoms with Crippen LogP contribution in [0, 0.1) is 11.2 Å². The number of rotatable bonds is 3. The third-order valence-corrected chi connectivity index (χ3v) is 4.90. The number of hydrogen-bond acceptors (Lipinski definition) is 1. The van der Waals surface area contributed by atoms with Crippen molar-refractivity contribution in [3.63, 3.8) is 0 Å². The fourth-order valence-corrected chi connectivity index (χ4v) is 3.12. The standard InChI is InChI=1S/C13H15BrClFO/c14-9-13(3-5-17-6-4-13)8-10-1-2-11(15)12(16)7-10/h1-2,7H,3-6,8-9H2. The van der Waals surface area contributed by atoms with Crippen LogP contribution in [0.5, 0.6) is 0 Å². The second kappa shape index (κ2) is 5.68. The van der Waals surface area contributed by atoms with Crippen LogP contribution in [0.2, 0.25) is 5.02 Å². The van der Waals surface area contributed by atoms with E-state index in [1.807, 2.05) is 6.07 Å². The predicted octanol–water partition coefficient (Wildman–Crippen LogP) is 4.21. The van der Waals surface area contributed by atoms with Crippen molar-refractivity contribution in [2.24, 2.45) is 5.41 Å². The van der Waals surface area contributed by atoms with Crippen molar-refractivity contribution in [3.05, 3.63) is 34.6 Å². The lowest BCUT2D eigenvalue weighted by atomic mass is 9.77. The van der Waals surface area contributed by atoms with Gasteiger partial charge in [-0.1, -0.05) is 33.6 Å². The molecule has 4 heteroatoms. The maximum absolute atomic E-state index is 13.4. The lowest BCUT2D eigenvalue weighted by Crippen LogP contribution is -2.33. The molecule has 1 aliphatic heterocycles. The molecule has 17 heavy (non-hydrogen) atoms. The molecule has 1 heterocycles. The molecular formula is C13H15BrClFO. The molecule has 0 saturated carbocycles. The van der Waals surface area contributed by atoms with Gasteiger partial charge in [-0.3, -0.25) is 0 Å². The van der Waals surface area contributed by atoms with Gasteiger partial charge >= 0.3 is 0 Å². The highest BCUT2D eigenvalue weighted by Crippen LogP contribution is 2.36. The van der Waals surface area contributed by atoms with Gasteiger partial charge in [-0.2, -0.15) is 0 Å². The fraction of sp³-hybridized carbons (Fsp3) is 0.538. The van der Waals surface area contributed by atoms with Crippen LogP contribution in [0.15, 0.2) is 18.2 Å². The lowest BCUT2D eigenvalue weighted by Gasteiger charge is -2.35. The number of benzene rings is 1. The van der Waals surface area contributed by atoms with E-state index >= 15 is 0 Å². The molecule has 0 unspecified atom stereocenters. The highest BCUT2D eigenvalue weighted by atomic mass is 79.9. The van der Waals surface area contributed by atoms with Gasteiger partial charge in [0.25, 0.3) is 0 Å². The summed E-state index contributed by atoms with van der Waals surface area (Å²) in [7, 11) is 0. The molecule has 0 bridgehead atoms. The Morgan fingerprint density at radius 2 is 2.06 bits per heavy atom. The van der Waals surface area contributed by atoms with Crippen LogP contribution in [0.1, 0.15) is 18.4 Å². The van der Waals surface area contributed by atoms with Crippen LogP contribution in [-0.2, 0) is 11.2 Å². The summed E-state index contributed by atoms with van der Waals surface area (Å²) in [5.41, 5.74) is 1.20. The smallest absolute Gasteiger partial charge is 0.142 e. The average Bonchev–Trinajstić information content (AvgIpc) is 2.35. The molecular weight excluding hydrogens is 306 g/mol. The quantitative estimate of drug-likeness (QED) is 0.758. The van der Waals surface area contributed by atoms with E-state index in [1.165, 1.54) is 0 Å². The number of halogens is 3. The van der Waals surface area contributed by atoms with Gasteiger partial charge in [0.1, 0.15) is 5.82 Å². The zero-order chi connectivity index (χ0) is 12.3. The summed E-state index contributed by atoms with van der Waals surface area (Å²) in [4.78, 5) is 0. The Balaban J connectivity index is 2.14. The van der Waals surface area contributed by atoms with E-state index in [0.29, 0.717) is 0 Å². The molecule has 0 N–H and O–H groups in total. The van der Waals surface area contributed by atoms with Crippen LogP contribution >= 0.6 is 27.5 Å². The molecule has 2 rings (SSSR count). The Labute approximate surface area is 114 Å². The third kappa shape index (κ3) is 3.21. The van der Waals surface area contributed by atoms with Gasteiger partial charge in [-0.15, -0.1) is 0 Å². The van der Waals surface area contributed by atoms with E-state index in [1.54, 1.807) is 12.1 Å². The third-order valence-electron chi connectivity index (χ3n) is 3.40. The van der Waals surface area contributed by atoms with Crippen molar-refractivity contribution < 1.29 is 9.13 Å². The topological polar surface area (TPSA) is 9.23 Å². The fourth-order valence-electron chi connectivity index (χ4n) is 2.24. The zero-order valence-electron chi connectivity index (χ0n) is 9.52. The monoisotopic (exact) mass is 320 g/mol. The van der Waals surface area contributed by atoms with Crippen LogP contribution in [0.4, 0.5) is 4.39 Å². The summed E-state index contributed by atoms with van der Waals surface area (Å²) in [6, 6.07) is 5.08. The van der Waals surface area contributed by atoms with Crippen molar-refractivity contribution in [2.45, 2.75) is 19.3 Å². The van der Waals surface area contributed by atoms with Gasteiger partial charge in [0.05, 0.1) is 5.02 Å². The van der Waals surface area contributed by atoms with Gasteiger partial charge in [0.15, 0.2) is 0 Å². The van der Waals surface area contributed by atoms with Gasteiger partial charge in [-0.25, -0.2) is 4.39 Å². The Bertz CT molecular complexity index is 391. The minimum Gasteiger partial charge on any atom is -0.381 e. The Kier molecular flexibility index (Phi) is 4.45. The highest BCUT2D eigenvalue weighted by Gasteiger charge is 2.31. The maximum atomic E-state index is 13.4. The summed E-state index contributed by atoms with van der Waals surface area (Å²) < 4.78 is 18.8. The molecule has 94 valence electrons. The van der Waals surface area contributed by atoms with Crippen LogP contribution < -0.4 is 0 Å². The second-order valence-electron chi connectivity index (χ2n) is 4.67. The largest absolute Gasteiger partial charge is 0.381 e. The normalized spacial score (nSPS) is 19.2. The van der Waals surface area contributed by atoms with Gasteiger partial charge in [0.2, 0.25) is 0 Å². The minimum atomic E-state index is -0.332. The first kappa shape index (κ1) is 13.3. The molecule has 1 aliphatic rings. The van der Waals surface area contributed by atoms with Crippen molar-refractivity contribution in [1.29, 1.82) is 0 Å². The molecule has 0 aliphatic carbocycles. The molecule has 0 aromatic heterocycles. The molecule has 0 spiro atoms. The summed E-state index contributed by atoms with van der Waals surface area (Å²) >= 11 is 9.27. The van der Waals surface area contributed by atoms with E-state index in [4.69, 9.17) is 16.3 Å². The average molecular weight is 322 g/mol. The second-order valence-corrected chi connectivity index (χ2v) is 5.64. The number of hydrogen-bond donors (Lipinski definition) is 0. The Morgan fingerprint density at radius 3 is 2.65 bits per heavy atom. The molecule has 0 radical (unpaired) electrons. The predicted molar refractivity (Wildman–Crippen MR) is 71.4 cm³/mol. The van der Waals surface area contributed by atoms with Gasteiger partial charge in [0, 0.05) is 18.5 Å². The van der Waals surface area contributed by atoms with Crippen LogP contribution in [-0.4, -0.2) is 18.5 Å². The van der Waals surface area contributed by atoms with Crippen molar-refractivity contribution in [2.75, 3.05) is 18.5 Å². The van der Waals surface area contributed by atoms with Gasteiger partial charge < -0.3 is 4.74 Å². The number of alkyl halides is 1. The van der Waals surface area contributed by atoms with Crippen molar-refractivity contribution in [3.8, 4) is 0 Å². The maximum Gasteiger partial charge on any atom is 0.142 e. The zero-order valence-corrected chi connectivity index (χ0v) is 11.9. The molecule has 1 nitrogen and oxygen atoms in total. The summed E-state index contributed by atoms with van der Waals surface area (Å²) in [6.45, 7) is 1.59. The summed E-state index contributed by atoms with van der Waals surface area (Å²) in [6.07, 6.45) is 2.90. The minimum absolute atomic E-state index is 0.189. The highest BCUT2D eigenvalue weighted by molar-refractivity contribution is 9.09. The molecule has 1 fully saturated rings. The molecule has 1 aromatic carbocycles. The van der Waals surface area contributed by atoms with Crippen LogP contribution in [0.25, 0.3) is 0 Å². The van der Waals surface area contributed by atoms with Crippen LogP contribution in [0.3, 0.4) is 0 Å². The molecule has 1 aromatic rings. The summed E-state index contributed by atoms with van der Waals surface area (Å²) in [5.74, 6) is -0.332. The molecule has 0 atom stereocenters. The van der Waals surface area contributed by atoms with Crippen molar-refractivity contribution in [1.82, 2.24) is 0 Å². The lowest BCUT2D eigenvalue weighted by molar-refractivity contribution is 0.0269. The first-order valence-electron chi connectivity index (χ1n) is 5.73.